The summed E-state index contributed by atoms with van der Waals surface area (Å²) in [4.78, 5) is 19.8. The molecule has 2 aromatic carbocycles. The first-order valence-corrected chi connectivity index (χ1v) is 13.5. The third-order valence-electron chi connectivity index (χ3n) is 7.57. The van der Waals surface area contributed by atoms with Crippen LogP contribution in [0.3, 0.4) is 0 Å². The number of rotatable bonds is 3. The molecule has 1 N–H and O–H groups in total. The van der Waals surface area contributed by atoms with Crippen molar-refractivity contribution in [1.82, 2.24) is 14.4 Å². The Kier molecular flexibility index (Phi) is 5.56. The fraction of sp³-hybridized carbons (Fsp3) is 0.276. The van der Waals surface area contributed by atoms with Crippen molar-refractivity contribution in [2.75, 3.05) is 32.8 Å². The second-order valence-electron chi connectivity index (χ2n) is 9.88. The first-order valence-electron chi connectivity index (χ1n) is 12.7. The summed E-state index contributed by atoms with van der Waals surface area (Å²) in [6, 6.07) is 17.2. The maximum Gasteiger partial charge on any atom is 0.322 e. The molecule has 3 aliphatic rings. The van der Waals surface area contributed by atoms with Gasteiger partial charge in [0.2, 0.25) is 6.79 Å². The number of urea groups is 1. The average Bonchev–Trinajstić information content (AvgIpc) is 3.65. The molecule has 0 spiro atoms. The molecule has 1 atom stereocenters. The Hall–Kier alpha value is -3.95. The van der Waals surface area contributed by atoms with Gasteiger partial charge in [-0.3, -0.25) is 0 Å². The van der Waals surface area contributed by atoms with Gasteiger partial charge in [0, 0.05) is 41.5 Å². The van der Waals surface area contributed by atoms with E-state index in [2.05, 4.69) is 40.2 Å². The molecule has 0 radical (unpaired) electrons. The predicted molar refractivity (Wildman–Crippen MR) is 146 cm³/mol. The van der Waals surface area contributed by atoms with E-state index in [1.807, 2.05) is 58.7 Å². The van der Waals surface area contributed by atoms with Crippen LogP contribution in [0.25, 0.3) is 5.00 Å². The van der Waals surface area contributed by atoms with Gasteiger partial charge >= 0.3 is 6.03 Å². The highest BCUT2D eigenvalue weighted by Gasteiger charge is 2.36. The van der Waals surface area contributed by atoms with Gasteiger partial charge in [0.05, 0.1) is 25.4 Å². The summed E-state index contributed by atoms with van der Waals surface area (Å²) in [7, 11) is 3.83. The maximum absolute atomic E-state index is 14.1. The summed E-state index contributed by atoms with van der Waals surface area (Å²) >= 11 is 1.85. The highest BCUT2D eigenvalue weighted by molar-refractivity contribution is 7.15. The van der Waals surface area contributed by atoms with Gasteiger partial charge in [-0.15, -0.1) is 11.3 Å². The highest BCUT2D eigenvalue weighted by Crippen LogP contribution is 2.44. The van der Waals surface area contributed by atoms with E-state index in [1.165, 1.54) is 21.0 Å². The molecule has 5 heterocycles. The summed E-state index contributed by atoms with van der Waals surface area (Å²) in [6.45, 7) is 2.66. The number of nitrogens with zero attached hydrogens (tertiary/aromatic N) is 3. The van der Waals surface area contributed by atoms with E-state index >= 15 is 0 Å². The number of thiophene rings is 1. The van der Waals surface area contributed by atoms with Gasteiger partial charge in [-0.25, -0.2) is 4.79 Å². The number of carbonyl (C=O) groups is 1. The molecular weight excluding hydrogens is 500 g/mol. The van der Waals surface area contributed by atoms with E-state index in [4.69, 9.17) is 14.2 Å². The van der Waals surface area contributed by atoms with Crippen molar-refractivity contribution in [3.63, 3.8) is 0 Å². The minimum Gasteiger partial charge on any atom is -0.497 e. The van der Waals surface area contributed by atoms with E-state index in [0.717, 1.165) is 36.5 Å². The molecule has 0 aliphatic carbocycles. The number of carbonyl (C=O) groups excluding carboxylic acids is 1. The number of fused-ring (bicyclic) bond motifs is 6. The lowest BCUT2D eigenvalue weighted by Crippen LogP contribution is -2.38. The van der Waals surface area contributed by atoms with Crippen LogP contribution >= 0.6 is 11.3 Å². The Morgan fingerprint density at radius 2 is 1.89 bits per heavy atom. The molecule has 2 aromatic heterocycles. The number of benzene rings is 2. The van der Waals surface area contributed by atoms with Gasteiger partial charge in [-0.1, -0.05) is 12.1 Å². The number of amides is 2. The molecule has 0 fully saturated rings. The number of hydrogen-bond acceptors (Lipinski definition) is 6. The van der Waals surface area contributed by atoms with Crippen molar-refractivity contribution in [3.8, 4) is 22.2 Å². The Bertz CT molecular complexity index is 1530. The van der Waals surface area contributed by atoms with Crippen LogP contribution in [0.15, 0.2) is 60.8 Å². The highest BCUT2D eigenvalue weighted by atomic mass is 32.1. The molecule has 194 valence electrons. The minimum absolute atomic E-state index is 0.168. The zero-order valence-corrected chi connectivity index (χ0v) is 22.1. The van der Waals surface area contributed by atoms with Crippen LogP contribution in [0.1, 0.15) is 33.3 Å². The van der Waals surface area contributed by atoms with E-state index in [9.17, 15) is 4.79 Å². The second kappa shape index (κ2) is 9.11. The SMILES string of the molecule is COc1ccc(C2c3cccn3-c3sc4c(c3CN2C(=O)Nc2ccc3c(c2)OCO3)CCN(C)C4)cc1. The van der Waals surface area contributed by atoms with Crippen molar-refractivity contribution >= 4 is 23.1 Å². The third-order valence-corrected chi connectivity index (χ3v) is 8.83. The monoisotopic (exact) mass is 528 g/mol. The van der Waals surface area contributed by atoms with Gasteiger partial charge < -0.3 is 33.9 Å². The number of ether oxygens (including phenoxy) is 3. The van der Waals surface area contributed by atoms with Crippen LogP contribution in [0.4, 0.5) is 10.5 Å². The lowest BCUT2D eigenvalue weighted by molar-refractivity contribution is 0.174. The van der Waals surface area contributed by atoms with Crippen LogP contribution in [-0.4, -0.2) is 47.9 Å². The predicted octanol–water partition coefficient (Wildman–Crippen LogP) is 5.40. The Morgan fingerprint density at radius 1 is 1.05 bits per heavy atom. The summed E-state index contributed by atoms with van der Waals surface area (Å²) < 4.78 is 18.7. The zero-order chi connectivity index (χ0) is 25.8. The first kappa shape index (κ1) is 23.2. The fourth-order valence-electron chi connectivity index (χ4n) is 5.66. The van der Waals surface area contributed by atoms with E-state index in [-0.39, 0.29) is 18.9 Å². The zero-order valence-electron chi connectivity index (χ0n) is 21.3. The van der Waals surface area contributed by atoms with Gasteiger partial charge in [0.1, 0.15) is 10.8 Å². The molecule has 1 unspecified atom stereocenters. The van der Waals surface area contributed by atoms with Crippen LogP contribution in [0.2, 0.25) is 0 Å². The molecular formula is C29H28N4O4S. The lowest BCUT2D eigenvalue weighted by atomic mass is 10.00. The van der Waals surface area contributed by atoms with Crippen molar-refractivity contribution in [1.29, 1.82) is 0 Å². The Balaban J connectivity index is 1.33. The number of likely N-dealkylation sites (N-methyl/N-ethyl adjacent to an activating group) is 1. The van der Waals surface area contributed by atoms with Gasteiger partial charge in [-0.05, 0) is 61.0 Å². The fourth-order valence-corrected chi connectivity index (χ4v) is 7.10. The number of hydrogen-bond donors (Lipinski definition) is 1. The van der Waals surface area contributed by atoms with Crippen molar-refractivity contribution in [2.24, 2.45) is 0 Å². The van der Waals surface area contributed by atoms with E-state index in [1.54, 1.807) is 7.11 Å². The Morgan fingerprint density at radius 3 is 2.74 bits per heavy atom. The minimum atomic E-state index is -0.286. The smallest absolute Gasteiger partial charge is 0.322 e. The summed E-state index contributed by atoms with van der Waals surface area (Å²) in [6.07, 6.45) is 3.11. The largest absolute Gasteiger partial charge is 0.497 e. The quantitative estimate of drug-likeness (QED) is 0.386. The molecule has 0 saturated carbocycles. The van der Waals surface area contributed by atoms with Crippen LogP contribution in [0.5, 0.6) is 17.2 Å². The number of anilines is 1. The van der Waals surface area contributed by atoms with E-state index in [0.29, 0.717) is 23.7 Å². The topological polar surface area (TPSA) is 68.2 Å². The van der Waals surface area contributed by atoms with Gasteiger partial charge in [0.25, 0.3) is 0 Å². The molecule has 3 aliphatic heterocycles. The lowest BCUT2D eigenvalue weighted by Gasteiger charge is -2.32. The summed E-state index contributed by atoms with van der Waals surface area (Å²) in [5.74, 6) is 2.11. The van der Waals surface area contributed by atoms with Crippen LogP contribution < -0.4 is 19.5 Å². The summed E-state index contributed by atoms with van der Waals surface area (Å²) in [5, 5.41) is 4.35. The Labute approximate surface area is 225 Å². The van der Waals surface area contributed by atoms with E-state index < -0.39 is 0 Å². The average molecular weight is 529 g/mol. The maximum atomic E-state index is 14.1. The molecule has 2 amide bonds. The molecule has 8 nitrogen and oxygen atoms in total. The number of methoxy groups -OCH3 is 1. The van der Waals surface area contributed by atoms with Crippen molar-refractivity contribution in [3.05, 3.63) is 88.1 Å². The normalized spacial score (nSPS) is 17.8. The second-order valence-corrected chi connectivity index (χ2v) is 11.0. The molecule has 4 aromatic rings. The number of nitrogens with one attached hydrogen (secondary N) is 1. The number of aromatic nitrogens is 1. The van der Waals surface area contributed by atoms with Crippen LogP contribution in [-0.2, 0) is 19.5 Å². The van der Waals surface area contributed by atoms with Crippen LogP contribution in [0, 0.1) is 0 Å². The molecule has 0 bridgehead atoms. The first-order chi connectivity index (χ1) is 18.6. The molecule has 38 heavy (non-hydrogen) atoms. The molecule has 0 saturated heterocycles. The van der Waals surface area contributed by atoms with Gasteiger partial charge in [0.15, 0.2) is 11.5 Å². The van der Waals surface area contributed by atoms with Gasteiger partial charge in [-0.2, -0.15) is 0 Å². The van der Waals surface area contributed by atoms with Crippen molar-refractivity contribution in [2.45, 2.75) is 25.6 Å². The molecule has 9 heteroatoms. The standard InChI is InChI=1S/C29H28N4O4S/c1-31-13-11-21-22-15-33(29(34)30-19-7-10-24-25(14-19)37-17-36-24)27(18-5-8-20(35-2)9-6-18)23-4-3-12-32(23)28(22)38-26(21)16-31/h3-10,12,14,27H,11,13,15-17H2,1-2H3,(H,30,34). The molecule has 7 rings (SSSR count). The van der Waals surface area contributed by atoms with Crippen molar-refractivity contribution < 1.29 is 19.0 Å². The third kappa shape index (κ3) is 3.81. The summed E-state index contributed by atoms with van der Waals surface area (Å²) in [5.41, 5.74) is 5.38.